The average Bonchev–Trinajstić information content (AvgIpc) is 2.27. The molecule has 0 bridgehead atoms. The molecule has 0 radical (unpaired) electrons. The van der Waals surface area contributed by atoms with Gasteiger partial charge in [-0.2, -0.15) is 5.26 Å². The molecule has 0 spiro atoms. The Morgan fingerprint density at radius 1 is 1.40 bits per heavy atom. The van der Waals surface area contributed by atoms with Crippen LogP contribution < -0.4 is 4.74 Å². The third-order valence-corrected chi connectivity index (χ3v) is 2.08. The highest BCUT2D eigenvalue weighted by Gasteiger charge is 2.17. The van der Waals surface area contributed by atoms with Crippen molar-refractivity contribution in [2.45, 2.75) is 6.92 Å². The summed E-state index contributed by atoms with van der Waals surface area (Å²) in [6.07, 6.45) is 0. The van der Waals surface area contributed by atoms with Crippen LogP contribution in [-0.4, -0.2) is 20.2 Å². The molecule has 0 aliphatic rings. The number of hydrogen-bond donors (Lipinski definition) is 0. The molecule has 78 valence electrons. The van der Waals surface area contributed by atoms with Crippen LogP contribution >= 0.6 is 0 Å². The molecule has 4 nitrogen and oxygen atoms in total. The fourth-order valence-electron chi connectivity index (χ4n) is 1.34. The summed E-state index contributed by atoms with van der Waals surface area (Å²) in [5.74, 6) is -0.120. The predicted octanol–water partition coefficient (Wildman–Crippen LogP) is 1.66. The first-order valence-corrected chi connectivity index (χ1v) is 4.31. The molecule has 0 N–H and O–H groups in total. The van der Waals surface area contributed by atoms with Crippen molar-refractivity contribution in [2.75, 3.05) is 14.2 Å². The minimum Gasteiger partial charge on any atom is -0.495 e. The molecule has 0 aliphatic carbocycles. The molecule has 0 aromatic heterocycles. The molecule has 0 fully saturated rings. The number of aryl methyl sites for hydroxylation is 1. The molecule has 1 aromatic rings. The van der Waals surface area contributed by atoms with Gasteiger partial charge in [-0.05, 0) is 18.6 Å². The van der Waals surface area contributed by atoms with Gasteiger partial charge in [0.25, 0.3) is 0 Å². The average molecular weight is 205 g/mol. The molecule has 15 heavy (non-hydrogen) atoms. The second-order valence-corrected chi connectivity index (χ2v) is 2.94. The number of nitriles is 1. The van der Waals surface area contributed by atoms with Gasteiger partial charge >= 0.3 is 5.97 Å². The first-order valence-electron chi connectivity index (χ1n) is 4.31. The van der Waals surface area contributed by atoms with E-state index >= 15 is 0 Å². The van der Waals surface area contributed by atoms with Crippen molar-refractivity contribution in [3.63, 3.8) is 0 Å². The van der Waals surface area contributed by atoms with Gasteiger partial charge < -0.3 is 9.47 Å². The maximum absolute atomic E-state index is 11.3. The van der Waals surface area contributed by atoms with E-state index in [1.807, 2.05) is 6.07 Å². The highest BCUT2D eigenvalue weighted by atomic mass is 16.5. The number of methoxy groups -OCH3 is 2. The lowest BCUT2D eigenvalue weighted by molar-refractivity contribution is 0.0600. The van der Waals surface area contributed by atoms with E-state index in [2.05, 4.69) is 4.74 Å². The Bertz CT molecular complexity index is 432. The van der Waals surface area contributed by atoms with E-state index in [4.69, 9.17) is 10.00 Å². The Morgan fingerprint density at radius 3 is 2.53 bits per heavy atom. The van der Waals surface area contributed by atoms with Gasteiger partial charge in [0.05, 0.1) is 19.8 Å². The Balaban J connectivity index is 3.43. The zero-order chi connectivity index (χ0) is 11.4. The van der Waals surface area contributed by atoms with Crippen LogP contribution in [0.15, 0.2) is 12.1 Å². The topological polar surface area (TPSA) is 59.3 Å². The fourth-order valence-corrected chi connectivity index (χ4v) is 1.34. The quantitative estimate of drug-likeness (QED) is 0.689. The van der Waals surface area contributed by atoms with Crippen molar-refractivity contribution < 1.29 is 14.3 Å². The SMILES string of the molecule is COC(=O)c1ccc(C)c(OC)c1C#N. The number of rotatable bonds is 2. The van der Waals surface area contributed by atoms with Crippen LogP contribution in [0.25, 0.3) is 0 Å². The van der Waals surface area contributed by atoms with Crippen LogP contribution in [0.4, 0.5) is 0 Å². The molecule has 0 unspecified atom stereocenters. The van der Waals surface area contributed by atoms with Crippen LogP contribution in [0.5, 0.6) is 5.75 Å². The smallest absolute Gasteiger partial charge is 0.339 e. The third kappa shape index (κ3) is 1.91. The summed E-state index contributed by atoms with van der Waals surface area (Å²) < 4.78 is 9.64. The molecule has 0 heterocycles. The first kappa shape index (κ1) is 11.1. The van der Waals surface area contributed by atoms with Gasteiger partial charge in [-0.3, -0.25) is 0 Å². The Morgan fingerprint density at radius 2 is 2.07 bits per heavy atom. The molecule has 0 saturated carbocycles. The monoisotopic (exact) mass is 205 g/mol. The molecule has 0 atom stereocenters. The van der Waals surface area contributed by atoms with Gasteiger partial charge in [0, 0.05) is 0 Å². The molecule has 1 aromatic carbocycles. The predicted molar refractivity (Wildman–Crippen MR) is 53.8 cm³/mol. The molecule has 4 heteroatoms. The van der Waals surface area contributed by atoms with Crippen molar-refractivity contribution >= 4 is 5.97 Å². The standard InChI is InChI=1S/C11H11NO3/c1-7-4-5-8(11(13)15-3)9(6-12)10(7)14-2/h4-5H,1-3H3. The number of carbonyl (C=O) groups is 1. The van der Waals surface area contributed by atoms with Crippen LogP contribution in [-0.2, 0) is 4.74 Å². The minimum atomic E-state index is -0.537. The number of carbonyl (C=O) groups excluding carboxylic acids is 1. The van der Waals surface area contributed by atoms with Gasteiger partial charge in [-0.1, -0.05) is 6.07 Å². The summed E-state index contributed by atoms with van der Waals surface area (Å²) in [6, 6.07) is 5.22. The Kier molecular flexibility index (Phi) is 3.29. The van der Waals surface area contributed by atoms with Gasteiger partial charge in [0.2, 0.25) is 0 Å². The number of esters is 1. The van der Waals surface area contributed by atoms with Crippen LogP contribution in [0.1, 0.15) is 21.5 Å². The van der Waals surface area contributed by atoms with Gasteiger partial charge in [0.1, 0.15) is 17.4 Å². The Hall–Kier alpha value is -2.02. The van der Waals surface area contributed by atoms with Crippen molar-refractivity contribution in [1.82, 2.24) is 0 Å². The van der Waals surface area contributed by atoms with E-state index in [1.54, 1.807) is 19.1 Å². The van der Waals surface area contributed by atoms with Gasteiger partial charge in [0.15, 0.2) is 0 Å². The normalized spacial score (nSPS) is 9.20. The minimum absolute atomic E-state index is 0.212. The summed E-state index contributed by atoms with van der Waals surface area (Å²) in [7, 11) is 2.74. The van der Waals surface area contributed by atoms with Crippen LogP contribution in [0.2, 0.25) is 0 Å². The highest BCUT2D eigenvalue weighted by Crippen LogP contribution is 2.26. The molecule has 0 saturated heterocycles. The Labute approximate surface area is 88.0 Å². The maximum Gasteiger partial charge on any atom is 0.339 e. The lowest BCUT2D eigenvalue weighted by Gasteiger charge is -2.09. The van der Waals surface area contributed by atoms with E-state index in [0.29, 0.717) is 5.75 Å². The summed E-state index contributed by atoms with van der Waals surface area (Å²) in [5, 5.41) is 8.96. The molecule has 0 amide bonds. The van der Waals surface area contributed by atoms with E-state index in [0.717, 1.165) is 5.56 Å². The maximum atomic E-state index is 11.3. The second-order valence-electron chi connectivity index (χ2n) is 2.94. The second kappa shape index (κ2) is 4.47. The first-order chi connectivity index (χ1) is 7.15. The van der Waals surface area contributed by atoms with Crippen molar-refractivity contribution in [3.05, 3.63) is 28.8 Å². The van der Waals surface area contributed by atoms with Gasteiger partial charge in [-0.15, -0.1) is 0 Å². The van der Waals surface area contributed by atoms with E-state index in [1.165, 1.54) is 14.2 Å². The van der Waals surface area contributed by atoms with Crippen LogP contribution in [0, 0.1) is 18.3 Å². The molecule has 1 rings (SSSR count). The molecule has 0 aliphatic heterocycles. The summed E-state index contributed by atoms with van der Waals surface area (Å²) in [6.45, 7) is 1.81. The van der Waals surface area contributed by atoms with E-state index in [9.17, 15) is 4.79 Å². The van der Waals surface area contributed by atoms with E-state index < -0.39 is 5.97 Å². The zero-order valence-corrected chi connectivity index (χ0v) is 8.83. The summed E-state index contributed by atoms with van der Waals surface area (Å²) in [4.78, 5) is 11.3. The fraction of sp³-hybridized carbons (Fsp3) is 0.273. The number of hydrogen-bond acceptors (Lipinski definition) is 4. The summed E-state index contributed by atoms with van der Waals surface area (Å²) >= 11 is 0. The lowest BCUT2D eigenvalue weighted by Crippen LogP contribution is -2.06. The number of ether oxygens (including phenoxy) is 2. The summed E-state index contributed by atoms with van der Waals surface area (Å²) in [5.41, 5.74) is 1.24. The van der Waals surface area contributed by atoms with Crippen molar-refractivity contribution in [3.8, 4) is 11.8 Å². The highest BCUT2D eigenvalue weighted by molar-refractivity contribution is 5.93. The van der Waals surface area contributed by atoms with Crippen LogP contribution in [0.3, 0.4) is 0 Å². The van der Waals surface area contributed by atoms with E-state index in [-0.39, 0.29) is 11.1 Å². The van der Waals surface area contributed by atoms with Crippen molar-refractivity contribution in [2.24, 2.45) is 0 Å². The number of nitrogens with zero attached hydrogens (tertiary/aromatic N) is 1. The molecular formula is C11H11NO3. The molecular weight excluding hydrogens is 194 g/mol. The third-order valence-electron chi connectivity index (χ3n) is 2.08. The lowest BCUT2D eigenvalue weighted by atomic mass is 10.0. The van der Waals surface area contributed by atoms with Gasteiger partial charge in [-0.25, -0.2) is 4.79 Å². The number of benzene rings is 1. The van der Waals surface area contributed by atoms with Crippen molar-refractivity contribution in [1.29, 1.82) is 5.26 Å². The zero-order valence-electron chi connectivity index (χ0n) is 8.83. The largest absolute Gasteiger partial charge is 0.495 e.